The summed E-state index contributed by atoms with van der Waals surface area (Å²) in [7, 11) is 0. The molecule has 0 aliphatic carbocycles. The van der Waals surface area contributed by atoms with Gasteiger partial charge in [0.25, 0.3) is 0 Å². The van der Waals surface area contributed by atoms with Gasteiger partial charge < -0.3 is 10.4 Å². The van der Waals surface area contributed by atoms with Crippen molar-refractivity contribution in [3.05, 3.63) is 35.9 Å². The van der Waals surface area contributed by atoms with Crippen LogP contribution in [-0.4, -0.2) is 18.3 Å². The largest absolute Gasteiger partial charge is 0.394 e. The lowest BCUT2D eigenvalue weighted by atomic mass is 10.1. The first-order chi connectivity index (χ1) is 7.27. The second kappa shape index (κ2) is 6.59. The Morgan fingerprint density at radius 1 is 1.27 bits per heavy atom. The van der Waals surface area contributed by atoms with Gasteiger partial charge in [-0.1, -0.05) is 50.6 Å². The van der Waals surface area contributed by atoms with Crippen molar-refractivity contribution in [3.8, 4) is 0 Å². The minimum Gasteiger partial charge on any atom is -0.394 e. The third-order valence-corrected chi connectivity index (χ3v) is 2.79. The molecule has 1 aromatic carbocycles. The van der Waals surface area contributed by atoms with E-state index >= 15 is 0 Å². The number of aliphatic hydroxyl groups is 1. The Balaban J connectivity index is 2.50. The van der Waals surface area contributed by atoms with Gasteiger partial charge in [-0.3, -0.25) is 0 Å². The van der Waals surface area contributed by atoms with Gasteiger partial charge in [0.2, 0.25) is 0 Å². The molecule has 1 aromatic rings. The number of rotatable bonds is 6. The molecule has 2 unspecified atom stereocenters. The van der Waals surface area contributed by atoms with Crippen molar-refractivity contribution in [2.75, 3.05) is 13.2 Å². The third kappa shape index (κ3) is 4.02. The SMILES string of the molecule is CCC(C)CNC(CO)c1ccccc1. The summed E-state index contributed by atoms with van der Waals surface area (Å²) in [4.78, 5) is 0. The van der Waals surface area contributed by atoms with E-state index in [2.05, 4.69) is 19.2 Å². The van der Waals surface area contributed by atoms with Crippen LogP contribution in [0.25, 0.3) is 0 Å². The highest BCUT2D eigenvalue weighted by atomic mass is 16.3. The Morgan fingerprint density at radius 2 is 1.93 bits per heavy atom. The van der Waals surface area contributed by atoms with Gasteiger partial charge in [-0.25, -0.2) is 0 Å². The molecule has 2 N–H and O–H groups in total. The molecule has 2 heteroatoms. The van der Waals surface area contributed by atoms with Crippen LogP contribution in [0.3, 0.4) is 0 Å². The van der Waals surface area contributed by atoms with Crippen molar-refractivity contribution in [3.63, 3.8) is 0 Å². The number of aliphatic hydroxyl groups excluding tert-OH is 1. The average molecular weight is 207 g/mol. The minimum atomic E-state index is 0.0696. The van der Waals surface area contributed by atoms with Crippen LogP contribution in [0.1, 0.15) is 31.9 Å². The van der Waals surface area contributed by atoms with Gasteiger partial charge in [0, 0.05) is 0 Å². The van der Waals surface area contributed by atoms with Crippen LogP contribution in [0.15, 0.2) is 30.3 Å². The Hall–Kier alpha value is -0.860. The lowest BCUT2D eigenvalue weighted by Crippen LogP contribution is -2.28. The molecule has 0 heterocycles. The Bertz CT molecular complexity index is 260. The van der Waals surface area contributed by atoms with E-state index in [-0.39, 0.29) is 12.6 Å². The lowest BCUT2D eigenvalue weighted by Gasteiger charge is -2.19. The van der Waals surface area contributed by atoms with E-state index in [1.165, 1.54) is 6.42 Å². The molecule has 0 bridgehead atoms. The molecule has 84 valence electrons. The molecule has 2 atom stereocenters. The Kier molecular flexibility index (Phi) is 5.37. The summed E-state index contributed by atoms with van der Waals surface area (Å²) in [5, 5.41) is 12.7. The van der Waals surface area contributed by atoms with E-state index in [0.29, 0.717) is 5.92 Å². The van der Waals surface area contributed by atoms with Gasteiger partial charge in [-0.2, -0.15) is 0 Å². The van der Waals surface area contributed by atoms with E-state index in [4.69, 9.17) is 0 Å². The summed E-state index contributed by atoms with van der Waals surface area (Å²) in [5.74, 6) is 0.655. The summed E-state index contributed by atoms with van der Waals surface area (Å²) >= 11 is 0. The summed E-state index contributed by atoms with van der Waals surface area (Å²) in [5.41, 5.74) is 1.16. The van der Waals surface area contributed by atoms with Crippen molar-refractivity contribution in [2.24, 2.45) is 5.92 Å². The van der Waals surface area contributed by atoms with Crippen LogP contribution in [0, 0.1) is 5.92 Å². The van der Waals surface area contributed by atoms with E-state index in [9.17, 15) is 5.11 Å². The summed E-state index contributed by atoms with van der Waals surface area (Å²) < 4.78 is 0. The van der Waals surface area contributed by atoms with Crippen LogP contribution in [-0.2, 0) is 0 Å². The number of nitrogens with one attached hydrogen (secondary N) is 1. The predicted molar refractivity (Wildman–Crippen MR) is 63.7 cm³/mol. The molecule has 0 aliphatic heterocycles. The monoisotopic (exact) mass is 207 g/mol. The maximum absolute atomic E-state index is 9.30. The topological polar surface area (TPSA) is 32.3 Å². The third-order valence-electron chi connectivity index (χ3n) is 2.79. The average Bonchev–Trinajstić information content (AvgIpc) is 2.31. The van der Waals surface area contributed by atoms with Gasteiger partial charge in [0.1, 0.15) is 0 Å². The maximum Gasteiger partial charge on any atom is 0.0626 e. The van der Waals surface area contributed by atoms with Crippen molar-refractivity contribution in [1.82, 2.24) is 5.32 Å². The van der Waals surface area contributed by atoms with Gasteiger partial charge in [0.05, 0.1) is 12.6 Å². The zero-order valence-corrected chi connectivity index (χ0v) is 9.61. The molecule has 15 heavy (non-hydrogen) atoms. The van der Waals surface area contributed by atoms with Crippen LogP contribution in [0.5, 0.6) is 0 Å². The first kappa shape index (κ1) is 12.2. The Labute approximate surface area is 92.3 Å². The number of hydrogen-bond acceptors (Lipinski definition) is 2. The second-order valence-corrected chi connectivity index (χ2v) is 4.07. The second-order valence-electron chi connectivity index (χ2n) is 4.07. The van der Waals surface area contributed by atoms with Crippen molar-refractivity contribution in [1.29, 1.82) is 0 Å². The molecular weight excluding hydrogens is 186 g/mol. The zero-order chi connectivity index (χ0) is 11.1. The highest BCUT2D eigenvalue weighted by Gasteiger charge is 2.09. The molecular formula is C13H21NO. The van der Waals surface area contributed by atoms with Crippen molar-refractivity contribution in [2.45, 2.75) is 26.3 Å². The van der Waals surface area contributed by atoms with Gasteiger partial charge in [-0.05, 0) is 18.0 Å². The first-order valence-corrected chi connectivity index (χ1v) is 5.67. The Morgan fingerprint density at radius 3 is 2.47 bits per heavy atom. The standard InChI is InChI=1S/C13H21NO/c1-3-11(2)9-14-13(10-15)12-7-5-4-6-8-12/h4-8,11,13-15H,3,9-10H2,1-2H3. The smallest absolute Gasteiger partial charge is 0.0626 e. The van der Waals surface area contributed by atoms with E-state index in [0.717, 1.165) is 12.1 Å². The van der Waals surface area contributed by atoms with E-state index in [1.807, 2.05) is 30.3 Å². The number of benzene rings is 1. The van der Waals surface area contributed by atoms with Crippen LogP contribution < -0.4 is 5.32 Å². The van der Waals surface area contributed by atoms with Crippen molar-refractivity contribution < 1.29 is 5.11 Å². The van der Waals surface area contributed by atoms with Crippen LogP contribution in [0.4, 0.5) is 0 Å². The predicted octanol–water partition coefficient (Wildman–Crippen LogP) is 2.36. The summed E-state index contributed by atoms with van der Waals surface area (Å²) in [6.07, 6.45) is 1.17. The molecule has 2 nitrogen and oxygen atoms in total. The quantitative estimate of drug-likeness (QED) is 0.750. The molecule has 0 radical (unpaired) electrons. The van der Waals surface area contributed by atoms with Gasteiger partial charge in [-0.15, -0.1) is 0 Å². The number of hydrogen-bond donors (Lipinski definition) is 2. The molecule has 0 fully saturated rings. The highest BCUT2D eigenvalue weighted by molar-refractivity contribution is 5.18. The molecule has 0 saturated heterocycles. The minimum absolute atomic E-state index is 0.0696. The fourth-order valence-electron chi connectivity index (χ4n) is 1.46. The van der Waals surface area contributed by atoms with Crippen LogP contribution >= 0.6 is 0 Å². The van der Waals surface area contributed by atoms with E-state index in [1.54, 1.807) is 0 Å². The molecule has 0 amide bonds. The fraction of sp³-hybridized carbons (Fsp3) is 0.538. The molecule has 0 saturated carbocycles. The van der Waals surface area contributed by atoms with Crippen LogP contribution in [0.2, 0.25) is 0 Å². The van der Waals surface area contributed by atoms with Crippen molar-refractivity contribution >= 4 is 0 Å². The van der Waals surface area contributed by atoms with Gasteiger partial charge >= 0.3 is 0 Å². The molecule has 0 aromatic heterocycles. The molecule has 0 aliphatic rings. The normalized spacial score (nSPS) is 14.9. The lowest BCUT2D eigenvalue weighted by molar-refractivity contribution is 0.239. The van der Waals surface area contributed by atoms with E-state index < -0.39 is 0 Å². The summed E-state index contributed by atoms with van der Waals surface area (Å²) in [6.45, 7) is 5.51. The van der Waals surface area contributed by atoms with Gasteiger partial charge in [0.15, 0.2) is 0 Å². The summed E-state index contributed by atoms with van der Waals surface area (Å²) in [6, 6.07) is 10.2. The maximum atomic E-state index is 9.30. The highest BCUT2D eigenvalue weighted by Crippen LogP contribution is 2.12. The molecule has 1 rings (SSSR count). The first-order valence-electron chi connectivity index (χ1n) is 5.67. The zero-order valence-electron chi connectivity index (χ0n) is 9.61. The fourth-order valence-corrected chi connectivity index (χ4v) is 1.46. The molecule has 0 spiro atoms.